The van der Waals surface area contributed by atoms with Crippen molar-refractivity contribution in [2.24, 2.45) is 23.2 Å². The van der Waals surface area contributed by atoms with Crippen LogP contribution in [0.3, 0.4) is 0 Å². The van der Waals surface area contributed by atoms with Crippen LogP contribution in [-0.2, 0) is 13.0 Å². The van der Waals surface area contributed by atoms with Gasteiger partial charge in [0, 0.05) is 25.3 Å². The van der Waals surface area contributed by atoms with E-state index in [9.17, 15) is 4.79 Å². The van der Waals surface area contributed by atoms with Gasteiger partial charge in [0.15, 0.2) is 0 Å². The standard InChI is InChI=1S/C22H31N3O2/c1-2-20(22-9-14-5-15(10-22)7-16(6-14)11-22)25-4-3-17-8-18(21(26)24-27)12-23-19(17)13-25/h8,12,14-16,20,27H,2-7,9-11,13H2,1H3,(H,24,26)/t14?,15?,16?,20-,22?/m1/s1. The summed E-state index contributed by atoms with van der Waals surface area (Å²) in [5.74, 6) is 2.48. The van der Waals surface area contributed by atoms with E-state index in [2.05, 4.69) is 16.8 Å². The van der Waals surface area contributed by atoms with Crippen molar-refractivity contribution in [3.05, 3.63) is 29.1 Å². The molecular weight excluding hydrogens is 338 g/mol. The van der Waals surface area contributed by atoms with E-state index in [1.54, 1.807) is 11.7 Å². The van der Waals surface area contributed by atoms with Crippen LogP contribution in [0.25, 0.3) is 0 Å². The number of hydroxylamine groups is 1. The molecule has 1 atom stereocenters. The molecule has 0 unspecified atom stereocenters. The molecule has 1 aromatic heterocycles. The molecule has 2 N–H and O–H groups in total. The van der Waals surface area contributed by atoms with Gasteiger partial charge in [-0.25, -0.2) is 5.48 Å². The second-order valence-corrected chi connectivity index (χ2v) is 9.70. The van der Waals surface area contributed by atoms with Crippen LogP contribution in [0.1, 0.15) is 73.5 Å². The van der Waals surface area contributed by atoms with E-state index < -0.39 is 5.91 Å². The zero-order valence-corrected chi connectivity index (χ0v) is 16.3. The molecule has 0 radical (unpaired) electrons. The van der Waals surface area contributed by atoms with Gasteiger partial charge in [-0.2, -0.15) is 0 Å². The molecule has 5 aliphatic rings. The zero-order chi connectivity index (χ0) is 18.6. The molecule has 4 bridgehead atoms. The molecule has 0 aromatic carbocycles. The van der Waals surface area contributed by atoms with Gasteiger partial charge in [0.2, 0.25) is 0 Å². The number of nitrogens with zero attached hydrogens (tertiary/aromatic N) is 2. The van der Waals surface area contributed by atoms with Crippen molar-refractivity contribution in [3.8, 4) is 0 Å². The highest BCUT2D eigenvalue weighted by Gasteiger charge is 2.54. The number of hydrogen-bond donors (Lipinski definition) is 2. The summed E-state index contributed by atoms with van der Waals surface area (Å²) >= 11 is 0. The number of fused-ring (bicyclic) bond motifs is 1. The average molecular weight is 370 g/mol. The van der Waals surface area contributed by atoms with Gasteiger partial charge in [0.05, 0.1) is 11.3 Å². The predicted molar refractivity (Wildman–Crippen MR) is 102 cm³/mol. The Labute approximate surface area is 161 Å². The first-order chi connectivity index (χ1) is 13.1. The van der Waals surface area contributed by atoms with Crippen LogP contribution in [0.15, 0.2) is 12.3 Å². The molecule has 4 fully saturated rings. The molecule has 1 amide bonds. The second-order valence-electron chi connectivity index (χ2n) is 9.70. The minimum atomic E-state index is -0.479. The number of amides is 1. The molecule has 2 heterocycles. The topological polar surface area (TPSA) is 65.5 Å². The van der Waals surface area contributed by atoms with E-state index in [4.69, 9.17) is 5.21 Å². The first-order valence-corrected chi connectivity index (χ1v) is 10.8. The van der Waals surface area contributed by atoms with Gasteiger partial charge in [0.1, 0.15) is 0 Å². The van der Waals surface area contributed by atoms with Crippen LogP contribution in [0.2, 0.25) is 0 Å². The van der Waals surface area contributed by atoms with Crippen LogP contribution < -0.4 is 5.48 Å². The van der Waals surface area contributed by atoms with Gasteiger partial charge in [-0.3, -0.25) is 19.9 Å². The molecule has 1 aliphatic heterocycles. The van der Waals surface area contributed by atoms with E-state index in [1.807, 2.05) is 6.07 Å². The molecule has 4 saturated carbocycles. The summed E-state index contributed by atoms with van der Waals surface area (Å²) in [6.45, 7) is 4.33. The van der Waals surface area contributed by atoms with E-state index in [1.165, 1.54) is 44.9 Å². The molecule has 0 spiro atoms. The smallest absolute Gasteiger partial charge is 0.276 e. The Bertz CT molecular complexity index is 712. The summed E-state index contributed by atoms with van der Waals surface area (Å²) in [6, 6.07) is 2.57. The molecule has 0 saturated heterocycles. The van der Waals surface area contributed by atoms with Gasteiger partial charge in [-0.1, -0.05) is 6.92 Å². The Kier molecular flexibility index (Phi) is 4.28. The highest BCUT2D eigenvalue weighted by molar-refractivity contribution is 5.93. The number of nitrogens with one attached hydrogen (secondary N) is 1. The third-order valence-electron chi connectivity index (χ3n) is 8.06. The molecular formula is C22H31N3O2. The number of carbonyl (C=O) groups excluding carboxylic acids is 1. The summed E-state index contributed by atoms with van der Waals surface area (Å²) in [5.41, 5.74) is 4.96. The molecule has 1 aromatic rings. The maximum absolute atomic E-state index is 11.7. The lowest BCUT2D eigenvalue weighted by Gasteiger charge is -2.61. The number of rotatable bonds is 4. The van der Waals surface area contributed by atoms with Crippen molar-refractivity contribution in [3.63, 3.8) is 0 Å². The van der Waals surface area contributed by atoms with Crippen LogP contribution in [0.5, 0.6) is 0 Å². The van der Waals surface area contributed by atoms with Crippen LogP contribution in [-0.4, -0.2) is 33.6 Å². The SMILES string of the molecule is CC[C@@H](N1CCc2cc(C(=O)NO)cnc2C1)C12CC3CC(CC(C3)C1)C2. The highest BCUT2D eigenvalue weighted by atomic mass is 16.5. The third-order valence-corrected chi connectivity index (χ3v) is 8.06. The van der Waals surface area contributed by atoms with Crippen molar-refractivity contribution >= 4 is 5.91 Å². The molecule has 146 valence electrons. The Balaban J connectivity index is 1.38. The van der Waals surface area contributed by atoms with E-state index >= 15 is 0 Å². The largest absolute Gasteiger partial charge is 0.294 e. The first kappa shape index (κ1) is 17.6. The number of aromatic nitrogens is 1. The van der Waals surface area contributed by atoms with E-state index in [-0.39, 0.29) is 0 Å². The van der Waals surface area contributed by atoms with Crippen molar-refractivity contribution in [2.45, 2.75) is 70.9 Å². The molecule has 27 heavy (non-hydrogen) atoms. The van der Waals surface area contributed by atoms with Crippen molar-refractivity contribution in [1.29, 1.82) is 0 Å². The van der Waals surface area contributed by atoms with Crippen LogP contribution >= 0.6 is 0 Å². The Morgan fingerprint density at radius 1 is 1.30 bits per heavy atom. The zero-order valence-electron chi connectivity index (χ0n) is 16.3. The summed E-state index contributed by atoms with van der Waals surface area (Å²) in [7, 11) is 0. The van der Waals surface area contributed by atoms with Gasteiger partial charge in [-0.15, -0.1) is 0 Å². The van der Waals surface area contributed by atoms with Gasteiger partial charge in [-0.05, 0) is 86.2 Å². The highest BCUT2D eigenvalue weighted by Crippen LogP contribution is 2.62. The van der Waals surface area contributed by atoms with E-state index in [0.29, 0.717) is 17.0 Å². The number of carbonyl (C=O) groups is 1. The number of hydrogen-bond acceptors (Lipinski definition) is 4. The summed E-state index contributed by atoms with van der Waals surface area (Å²) in [6.07, 6.45) is 12.6. The third kappa shape index (κ3) is 2.90. The molecule has 4 aliphatic carbocycles. The quantitative estimate of drug-likeness (QED) is 0.629. The monoisotopic (exact) mass is 369 g/mol. The summed E-state index contributed by atoms with van der Waals surface area (Å²) in [5, 5.41) is 8.86. The molecule has 5 nitrogen and oxygen atoms in total. The summed E-state index contributed by atoms with van der Waals surface area (Å²) < 4.78 is 0. The first-order valence-electron chi connectivity index (χ1n) is 10.8. The second kappa shape index (κ2) is 6.56. The lowest BCUT2D eigenvalue weighted by molar-refractivity contribution is -0.105. The maximum atomic E-state index is 11.7. The van der Waals surface area contributed by atoms with Crippen molar-refractivity contribution in [2.75, 3.05) is 6.54 Å². The minimum absolute atomic E-state index is 0.442. The van der Waals surface area contributed by atoms with Gasteiger partial charge < -0.3 is 0 Å². The number of pyridine rings is 1. The Morgan fingerprint density at radius 2 is 1.96 bits per heavy atom. The fourth-order valence-electron chi connectivity index (χ4n) is 7.55. The lowest BCUT2D eigenvalue weighted by Crippen LogP contribution is -2.57. The van der Waals surface area contributed by atoms with Gasteiger partial charge >= 0.3 is 0 Å². The Morgan fingerprint density at radius 3 is 2.56 bits per heavy atom. The summed E-state index contributed by atoms with van der Waals surface area (Å²) in [4.78, 5) is 19.0. The maximum Gasteiger partial charge on any atom is 0.276 e. The average Bonchev–Trinajstić information content (AvgIpc) is 2.66. The van der Waals surface area contributed by atoms with Crippen molar-refractivity contribution in [1.82, 2.24) is 15.4 Å². The molecule has 6 rings (SSSR count). The van der Waals surface area contributed by atoms with E-state index in [0.717, 1.165) is 48.5 Å². The predicted octanol–water partition coefficient (Wildman–Crippen LogP) is 3.55. The lowest BCUT2D eigenvalue weighted by atomic mass is 9.47. The molecule has 5 heteroatoms. The van der Waals surface area contributed by atoms with Gasteiger partial charge in [0.25, 0.3) is 5.91 Å². The normalized spacial score (nSPS) is 35.7. The fraction of sp³-hybridized carbons (Fsp3) is 0.727. The fourth-order valence-corrected chi connectivity index (χ4v) is 7.55. The van der Waals surface area contributed by atoms with Crippen LogP contribution in [0.4, 0.5) is 0 Å². The van der Waals surface area contributed by atoms with Crippen molar-refractivity contribution < 1.29 is 10.0 Å². The minimum Gasteiger partial charge on any atom is -0.294 e. The van der Waals surface area contributed by atoms with Crippen LogP contribution in [0, 0.1) is 23.2 Å². The Hall–Kier alpha value is -1.46.